The molecule has 1 heterocycles. The Hall–Kier alpha value is -1.90. The van der Waals surface area contributed by atoms with Crippen LogP contribution in [0.4, 0.5) is 5.69 Å². The van der Waals surface area contributed by atoms with E-state index in [1.54, 1.807) is 19.1 Å². The molecule has 0 aliphatic carbocycles. The van der Waals surface area contributed by atoms with Crippen molar-refractivity contribution >= 4 is 25.7 Å². The molecule has 1 saturated heterocycles. The molecule has 0 amide bonds. The summed E-state index contributed by atoms with van der Waals surface area (Å²) in [7, 11) is -7.15. The smallest absolute Gasteiger partial charge is 0.241 e. The minimum atomic E-state index is -3.76. The number of aryl methyl sites for hydroxylation is 1. The van der Waals surface area contributed by atoms with Crippen LogP contribution in [0.5, 0.6) is 0 Å². The van der Waals surface area contributed by atoms with E-state index >= 15 is 0 Å². The van der Waals surface area contributed by atoms with E-state index in [2.05, 4.69) is 4.72 Å². The van der Waals surface area contributed by atoms with Crippen molar-refractivity contribution in [2.24, 2.45) is 0 Å². The second-order valence-electron chi connectivity index (χ2n) is 6.36. The van der Waals surface area contributed by atoms with Crippen molar-refractivity contribution in [2.45, 2.75) is 31.2 Å². The number of benzene rings is 2. The van der Waals surface area contributed by atoms with E-state index in [9.17, 15) is 16.8 Å². The van der Waals surface area contributed by atoms with Gasteiger partial charge in [-0.05, 0) is 43.0 Å². The monoisotopic (exact) mass is 394 g/mol. The van der Waals surface area contributed by atoms with Crippen molar-refractivity contribution in [1.29, 1.82) is 0 Å². The van der Waals surface area contributed by atoms with Gasteiger partial charge in [-0.3, -0.25) is 4.31 Å². The lowest BCUT2D eigenvalue weighted by molar-refractivity contribution is 0.573. The topological polar surface area (TPSA) is 83.6 Å². The van der Waals surface area contributed by atoms with Gasteiger partial charge in [-0.1, -0.05) is 36.4 Å². The maximum absolute atomic E-state index is 12.7. The summed E-state index contributed by atoms with van der Waals surface area (Å²) in [4.78, 5) is 0.103. The summed E-state index contributed by atoms with van der Waals surface area (Å²) in [6.07, 6.45) is 1.40. The van der Waals surface area contributed by atoms with Crippen LogP contribution < -0.4 is 9.03 Å². The fourth-order valence-corrected chi connectivity index (χ4v) is 5.88. The lowest BCUT2D eigenvalue weighted by atomic mass is 10.2. The molecule has 0 saturated carbocycles. The zero-order chi connectivity index (χ0) is 18.8. The molecule has 2 aromatic carbocycles. The van der Waals surface area contributed by atoms with Gasteiger partial charge in [-0.2, -0.15) is 0 Å². The molecule has 8 heteroatoms. The van der Waals surface area contributed by atoms with Crippen LogP contribution in [0.2, 0.25) is 0 Å². The summed E-state index contributed by atoms with van der Waals surface area (Å²) < 4.78 is 54.0. The Bertz CT molecular complexity index is 987. The molecule has 26 heavy (non-hydrogen) atoms. The van der Waals surface area contributed by atoms with Gasteiger partial charge >= 0.3 is 0 Å². The van der Waals surface area contributed by atoms with E-state index in [1.807, 2.05) is 30.3 Å². The highest BCUT2D eigenvalue weighted by molar-refractivity contribution is 7.92. The van der Waals surface area contributed by atoms with Gasteiger partial charge in [0.05, 0.1) is 16.3 Å². The molecule has 1 fully saturated rings. The van der Waals surface area contributed by atoms with Crippen LogP contribution in [-0.4, -0.2) is 29.1 Å². The number of hydrogen-bond donors (Lipinski definition) is 1. The Morgan fingerprint density at radius 2 is 1.81 bits per heavy atom. The van der Waals surface area contributed by atoms with Gasteiger partial charge in [0.25, 0.3) is 0 Å². The summed E-state index contributed by atoms with van der Waals surface area (Å²) in [6, 6.07) is 14.0. The molecule has 1 N–H and O–H groups in total. The van der Waals surface area contributed by atoms with E-state index in [4.69, 9.17) is 0 Å². The summed E-state index contributed by atoms with van der Waals surface area (Å²) in [6.45, 7) is 2.25. The summed E-state index contributed by atoms with van der Waals surface area (Å²) in [5.41, 5.74) is 1.82. The quantitative estimate of drug-likeness (QED) is 0.844. The Morgan fingerprint density at radius 1 is 1.08 bits per heavy atom. The average molecular weight is 395 g/mol. The van der Waals surface area contributed by atoms with Crippen molar-refractivity contribution in [1.82, 2.24) is 4.72 Å². The molecule has 2 aromatic rings. The molecule has 140 valence electrons. The Labute approximate surface area is 155 Å². The molecule has 0 bridgehead atoms. The first-order chi connectivity index (χ1) is 12.3. The lowest BCUT2D eigenvalue weighted by Crippen LogP contribution is -2.38. The number of sulfonamides is 2. The molecule has 1 aliphatic rings. The molecular weight excluding hydrogens is 372 g/mol. The minimum Gasteiger partial charge on any atom is -0.270 e. The highest BCUT2D eigenvalue weighted by atomic mass is 32.2. The first-order valence-electron chi connectivity index (χ1n) is 8.44. The summed E-state index contributed by atoms with van der Waals surface area (Å²) >= 11 is 0. The Balaban J connectivity index is 1.89. The van der Waals surface area contributed by atoms with Crippen LogP contribution in [0, 0.1) is 6.92 Å². The van der Waals surface area contributed by atoms with Crippen LogP contribution in [0.25, 0.3) is 0 Å². The van der Waals surface area contributed by atoms with Crippen LogP contribution in [-0.2, 0) is 26.6 Å². The third kappa shape index (κ3) is 4.08. The number of hydrogen-bond acceptors (Lipinski definition) is 4. The van der Waals surface area contributed by atoms with Gasteiger partial charge in [-0.15, -0.1) is 0 Å². The molecule has 0 spiro atoms. The number of rotatable bonds is 5. The average Bonchev–Trinajstić information content (AvgIpc) is 2.61. The highest BCUT2D eigenvalue weighted by Crippen LogP contribution is 2.27. The first-order valence-corrected chi connectivity index (χ1v) is 11.5. The van der Waals surface area contributed by atoms with Gasteiger partial charge in [-0.25, -0.2) is 21.6 Å². The second-order valence-corrected chi connectivity index (χ2v) is 10.1. The van der Waals surface area contributed by atoms with E-state index in [1.165, 1.54) is 10.4 Å². The highest BCUT2D eigenvalue weighted by Gasteiger charge is 2.27. The maximum atomic E-state index is 12.7. The second kappa shape index (κ2) is 7.38. The van der Waals surface area contributed by atoms with E-state index < -0.39 is 20.0 Å². The zero-order valence-corrected chi connectivity index (χ0v) is 16.2. The van der Waals surface area contributed by atoms with Crippen LogP contribution >= 0.6 is 0 Å². The number of anilines is 1. The standard InChI is InChI=1S/C18H22N2O4S2/c1-15-9-10-17(20-11-5-6-12-25(20,21)22)13-18(15)26(23,24)19-14-16-7-3-2-4-8-16/h2-4,7-10,13,19H,5-6,11-12,14H2,1H3. The predicted molar refractivity (Wildman–Crippen MR) is 102 cm³/mol. The van der Waals surface area contributed by atoms with Gasteiger partial charge in [0, 0.05) is 13.1 Å². The summed E-state index contributed by atoms with van der Waals surface area (Å²) in [5.74, 6) is 0.0925. The summed E-state index contributed by atoms with van der Waals surface area (Å²) in [5, 5.41) is 0. The molecule has 1 aliphatic heterocycles. The Morgan fingerprint density at radius 3 is 2.50 bits per heavy atom. The molecule has 0 aromatic heterocycles. The van der Waals surface area contributed by atoms with Gasteiger partial charge in [0.2, 0.25) is 20.0 Å². The molecule has 0 radical (unpaired) electrons. The fourth-order valence-electron chi connectivity index (χ4n) is 2.96. The lowest BCUT2D eigenvalue weighted by Gasteiger charge is -2.28. The van der Waals surface area contributed by atoms with Gasteiger partial charge < -0.3 is 0 Å². The zero-order valence-electron chi connectivity index (χ0n) is 14.6. The largest absolute Gasteiger partial charge is 0.270 e. The number of nitrogens with one attached hydrogen (secondary N) is 1. The fraction of sp³-hybridized carbons (Fsp3) is 0.333. The molecule has 6 nitrogen and oxygen atoms in total. The molecular formula is C18H22N2O4S2. The third-order valence-corrected chi connectivity index (χ3v) is 7.82. The molecule has 0 unspecified atom stereocenters. The van der Waals surface area contributed by atoms with Crippen molar-refractivity contribution in [2.75, 3.05) is 16.6 Å². The van der Waals surface area contributed by atoms with Crippen LogP contribution in [0.3, 0.4) is 0 Å². The predicted octanol–water partition coefficient (Wildman–Crippen LogP) is 2.40. The van der Waals surface area contributed by atoms with E-state index in [0.717, 1.165) is 12.0 Å². The van der Waals surface area contributed by atoms with Crippen LogP contribution in [0.1, 0.15) is 24.0 Å². The third-order valence-electron chi connectivity index (χ3n) is 4.41. The SMILES string of the molecule is Cc1ccc(N2CCCCS2(=O)=O)cc1S(=O)(=O)NCc1ccccc1. The van der Waals surface area contributed by atoms with Crippen LogP contribution in [0.15, 0.2) is 53.4 Å². The Kier molecular flexibility index (Phi) is 5.36. The molecule has 3 rings (SSSR count). The number of nitrogens with zero attached hydrogens (tertiary/aromatic N) is 1. The van der Waals surface area contributed by atoms with Crippen molar-refractivity contribution in [3.63, 3.8) is 0 Å². The maximum Gasteiger partial charge on any atom is 0.241 e. The van der Waals surface area contributed by atoms with E-state index in [-0.39, 0.29) is 17.2 Å². The van der Waals surface area contributed by atoms with Gasteiger partial charge in [0.1, 0.15) is 0 Å². The van der Waals surface area contributed by atoms with Gasteiger partial charge in [0.15, 0.2) is 0 Å². The van der Waals surface area contributed by atoms with E-state index in [0.29, 0.717) is 24.2 Å². The van der Waals surface area contributed by atoms with Crippen molar-refractivity contribution in [3.05, 3.63) is 59.7 Å². The van der Waals surface area contributed by atoms with Crippen molar-refractivity contribution in [3.8, 4) is 0 Å². The normalized spacial score (nSPS) is 17.2. The molecule has 0 atom stereocenters. The first kappa shape index (κ1) is 18.9. The minimum absolute atomic E-state index is 0.0925. The van der Waals surface area contributed by atoms with Crippen molar-refractivity contribution < 1.29 is 16.8 Å².